The molecule has 0 aromatic heterocycles. The van der Waals surface area contributed by atoms with Gasteiger partial charge < -0.3 is 15.5 Å². The van der Waals surface area contributed by atoms with Crippen LogP contribution in [0.5, 0.6) is 0 Å². The number of carbonyl (C=O) groups excluding carboxylic acids is 1. The number of para-hydroxylation sites is 1. The summed E-state index contributed by atoms with van der Waals surface area (Å²) in [5.41, 5.74) is 6.20. The van der Waals surface area contributed by atoms with Gasteiger partial charge in [0.25, 0.3) is 0 Å². The fraction of sp³-hybridized carbons (Fsp3) is 0.611. The highest BCUT2D eigenvalue weighted by molar-refractivity contribution is 5.76. The van der Waals surface area contributed by atoms with E-state index >= 15 is 0 Å². The number of likely N-dealkylation sites (tertiary alicyclic amines) is 1. The van der Waals surface area contributed by atoms with Crippen LogP contribution in [-0.4, -0.2) is 67.6 Å². The van der Waals surface area contributed by atoms with Gasteiger partial charge in [-0.05, 0) is 25.0 Å². The molecular weight excluding hydrogens is 307 g/mol. The first-order valence-corrected chi connectivity index (χ1v) is 8.90. The van der Waals surface area contributed by atoms with Gasteiger partial charge in [0.05, 0.1) is 5.69 Å². The molecule has 24 heavy (non-hydrogen) atoms. The van der Waals surface area contributed by atoms with Gasteiger partial charge in [-0.25, -0.2) is 4.39 Å². The SMILES string of the molecule is NCCC(=O)N1CCCC(N2CCN(c3ccccc3F)CC2)C1. The summed E-state index contributed by atoms with van der Waals surface area (Å²) in [6.45, 7) is 5.56. The molecule has 1 unspecified atom stereocenters. The Balaban J connectivity index is 1.54. The van der Waals surface area contributed by atoms with Crippen molar-refractivity contribution in [2.45, 2.75) is 25.3 Å². The molecule has 2 N–H and O–H groups in total. The molecule has 132 valence electrons. The second kappa shape index (κ2) is 7.94. The zero-order valence-electron chi connectivity index (χ0n) is 14.2. The third-order valence-electron chi connectivity index (χ3n) is 5.13. The molecule has 2 heterocycles. The molecule has 2 fully saturated rings. The zero-order valence-corrected chi connectivity index (χ0v) is 14.2. The average Bonchev–Trinajstić information content (AvgIpc) is 2.63. The Morgan fingerprint density at radius 1 is 1.17 bits per heavy atom. The molecular formula is C18H27FN4O. The molecule has 1 amide bonds. The van der Waals surface area contributed by atoms with E-state index in [2.05, 4.69) is 9.80 Å². The fourth-order valence-corrected chi connectivity index (χ4v) is 3.80. The lowest BCUT2D eigenvalue weighted by Crippen LogP contribution is -2.56. The van der Waals surface area contributed by atoms with Gasteiger partial charge in [0.2, 0.25) is 5.91 Å². The van der Waals surface area contributed by atoms with E-state index in [9.17, 15) is 9.18 Å². The molecule has 3 rings (SSSR count). The third-order valence-corrected chi connectivity index (χ3v) is 5.13. The van der Waals surface area contributed by atoms with E-state index in [0.29, 0.717) is 24.7 Å². The first-order chi connectivity index (χ1) is 11.7. The lowest BCUT2D eigenvalue weighted by Gasteiger charge is -2.44. The summed E-state index contributed by atoms with van der Waals surface area (Å²) in [5, 5.41) is 0. The average molecular weight is 334 g/mol. The van der Waals surface area contributed by atoms with Crippen molar-refractivity contribution >= 4 is 11.6 Å². The Kier molecular flexibility index (Phi) is 5.68. The van der Waals surface area contributed by atoms with Gasteiger partial charge in [0, 0.05) is 58.3 Å². The van der Waals surface area contributed by atoms with Crippen molar-refractivity contribution < 1.29 is 9.18 Å². The first kappa shape index (κ1) is 17.2. The summed E-state index contributed by atoms with van der Waals surface area (Å²) in [4.78, 5) is 18.6. The standard InChI is InChI=1S/C18H27FN4O/c19-16-5-1-2-6-17(16)22-12-10-21(11-13-22)15-4-3-9-23(14-15)18(24)7-8-20/h1-2,5-6,15H,3-4,7-14,20H2. The van der Waals surface area contributed by atoms with Crippen molar-refractivity contribution in [1.29, 1.82) is 0 Å². The van der Waals surface area contributed by atoms with Crippen LogP contribution in [0.3, 0.4) is 0 Å². The Bertz CT molecular complexity index is 560. The number of hydrogen-bond donors (Lipinski definition) is 1. The Morgan fingerprint density at radius 3 is 2.62 bits per heavy atom. The Morgan fingerprint density at radius 2 is 1.92 bits per heavy atom. The lowest BCUT2D eigenvalue weighted by molar-refractivity contribution is -0.133. The van der Waals surface area contributed by atoms with Gasteiger partial charge >= 0.3 is 0 Å². The van der Waals surface area contributed by atoms with E-state index < -0.39 is 0 Å². The highest BCUT2D eigenvalue weighted by Crippen LogP contribution is 2.23. The minimum absolute atomic E-state index is 0.151. The number of amides is 1. The van der Waals surface area contributed by atoms with Crippen molar-refractivity contribution in [3.8, 4) is 0 Å². The molecule has 6 heteroatoms. The molecule has 1 atom stereocenters. The quantitative estimate of drug-likeness (QED) is 0.901. The fourth-order valence-electron chi connectivity index (χ4n) is 3.80. The molecule has 5 nitrogen and oxygen atoms in total. The van der Waals surface area contributed by atoms with Gasteiger partial charge in [-0.3, -0.25) is 9.69 Å². The molecule has 0 aliphatic carbocycles. The van der Waals surface area contributed by atoms with Gasteiger partial charge in [0.15, 0.2) is 0 Å². The van der Waals surface area contributed by atoms with Crippen LogP contribution in [0.4, 0.5) is 10.1 Å². The molecule has 0 spiro atoms. The summed E-state index contributed by atoms with van der Waals surface area (Å²) < 4.78 is 13.9. The van der Waals surface area contributed by atoms with Gasteiger partial charge in [-0.2, -0.15) is 0 Å². The largest absolute Gasteiger partial charge is 0.367 e. The van der Waals surface area contributed by atoms with Gasteiger partial charge in [0.1, 0.15) is 5.82 Å². The van der Waals surface area contributed by atoms with Crippen LogP contribution in [0.25, 0.3) is 0 Å². The van der Waals surface area contributed by atoms with Crippen molar-refractivity contribution in [3.05, 3.63) is 30.1 Å². The molecule has 2 aliphatic heterocycles. The monoisotopic (exact) mass is 334 g/mol. The van der Waals surface area contributed by atoms with Gasteiger partial charge in [-0.1, -0.05) is 12.1 Å². The van der Waals surface area contributed by atoms with Crippen molar-refractivity contribution in [1.82, 2.24) is 9.80 Å². The van der Waals surface area contributed by atoms with Crippen LogP contribution < -0.4 is 10.6 Å². The molecule has 0 bridgehead atoms. The second-order valence-corrected chi connectivity index (χ2v) is 6.65. The minimum Gasteiger partial charge on any atom is -0.367 e. The maximum absolute atomic E-state index is 13.9. The second-order valence-electron chi connectivity index (χ2n) is 6.65. The van der Waals surface area contributed by atoms with Crippen molar-refractivity contribution in [2.75, 3.05) is 50.7 Å². The van der Waals surface area contributed by atoms with E-state index in [-0.39, 0.29) is 11.7 Å². The summed E-state index contributed by atoms with van der Waals surface area (Å²) in [7, 11) is 0. The minimum atomic E-state index is -0.151. The number of carbonyl (C=O) groups is 1. The number of piperazine rings is 1. The highest BCUT2D eigenvalue weighted by atomic mass is 19.1. The molecule has 1 aromatic rings. The van der Waals surface area contributed by atoms with E-state index in [1.807, 2.05) is 17.0 Å². The summed E-state index contributed by atoms with van der Waals surface area (Å²) in [6.07, 6.45) is 2.62. The number of hydrogen-bond acceptors (Lipinski definition) is 4. The van der Waals surface area contributed by atoms with Crippen LogP contribution in [0, 0.1) is 5.82 Å². The predicted octanol–water partition coefficient (Wildman–Crippen LogP) is 1.29. The van der Waals surface area contributed by atoms with E-state index in [4.69, 9.17) is 5.73 Å². The van der Waals surface area contributed by atoms with Crippen LogP contribution in [0.15, 0.2) is 24.3 Å². The first-order valence-electron chi connectivity index (χ1n) is 8.90. The topological polar surface area (TPSA) is 52.8 Å². The summed E-state index contributed by atoms with van der Waals surface area (Å²) >= 11 is 0. The molecule has 1 aromatic carbocycles. The normalized spacial score (nSPS) is 22.7. The number of nitrogens with two attached hydrogens (primary N) is 1. The van der Waals surface area contributed by atoms with Crippen molar-refractivity contribution in [2.24, 2.45) is 5.73 Å². The van der Waals surface area contributed by atoms with E-state index in [1.54, 1.807) is 6.07 Å². The zero-order chi connectivity index (χ0) is 16.9. The number of halogens is 1. The summed E-state index contributed by atoms with van der Waals surface area (Å²) in [5.74, 6) is 0.0226. The number of benzene rings is 1. The molecule has 2 saturated heterocycles. The van der Waals surface area contributed by atoms with Crippen molar-refractivity contribution in [3.63, 3.8) is 0 Å². The lowest BCUT2D eigenvalue weighted by atomic mass is 10.0. The molecule has 2 aliphatic rings. The molecule has 0 radical (unpaired) electrons. The van der Waals surface area contributed by atoms with Crippen LogP contribution in [-0.2, 0) is 4.79 Å². The van der Waals surface area contributed by atoms with Crippen LogP contribution in [0.1, 0.15) is 19.3 Å². The van der Waals surface area contributed by atoms with E-state index in [1.165, 1.54) is 6.07 Å². The predicted molar refractivity (Wildman–Crippen MR) is 93.5 cm³/mol. The Hall–Kier alpha value is -1.66. The maximum Gasteiger partial charge on any atom is 0.223 e. The summed E-state index contributed by atoms with van der Waals surface area (Å²) in [6, 6.07) is 7.39. The number of rotatable bonds is 4. The number of anilines is 1. The van der Waals surface area contributed by atoms with Crippen LogP contribution >= 0.6 is 0 Å². The number of nitrogens with zero attached hydrogens (tertiary/aromatic N) is 3. The smallest absolute Gasteiger partial charge is 0.223 e. The van der Waals surface area contributed by atoms with Crippen LogP contribution in [0.2, 0.25) is 0 Å². The van der Waals surface area contributed by atoms with Gasteiger partial charge in [-0.15, -0.1) is 0 Å². The third kappa shape index (κ3) is 3.87. The maximum atomic E-state index is 13.9. The highest BCUT2D eigenvalue weighted by Gasteiger charge is 2.30. The number of piperidine rings is 1. The van der Waals surface area contributed by atoms with E-state index in [0.717, 1.165) is 52.1 Å². The molecule has 0 saturated carbocycles. The Labute approximate surface area is 143 Å².